The molecule has 7 nitrogen and oxygen atoms in total. The molecule has 3 rings (SSSR count). The fourth-order valence-electron chi connectivity index (χ4n) is 4.05. The third-order valence-electron chi connectivity index (χ3n) is 5.87. The number of nitrogens with one attached hydrogen (secondary N) is 1. The van der Waals surface area contributed by atoms with Crippen LogP contribution in [0.15, 0.2) is 77.3 Å². The molecule has 0 fully saturated rings. The molecule has 1 atom stereocenters. The summed E-state index contributed by atoms with van der Waals surface area (Å²) in [5.41, 5.74) is 2.62. The number of halogens is 2. The number of hydrogen-bond acceptors (Lipinski definition) is 4. The summed E-state index contributed by atoms with van der Waals surface area (Å²) in [6.07, 6.45) is 1.31. The van der Waals surface area contributed by atoms with Crippen LogP contribution in [0.3, 0.4) is 0 Å². The molecule has 0 aliphatic rings. The van der Waals surface area contributed by atoms with Crippen LogP contribution in [0.1, 0.15) is 16.7 Å². The molecule has 1 unspecified atom stereocenters. The van der Waals surface area contributed by atoms with Crippen LogP contribution in [-0.2, 0) is 32.6 Å². The molecule has 0 saturated carbocycles. The number of anilines is 1. The third-order valence-corrected chi connectivity index (χ3v) is 7.72. The van der Waals surface area contributed by atoms with Crippen molar-refractivity contribution < 1.29 is 18.0 Å². The maximum Gasteiger partial charge on any atom is 0.244 e. The average molecular weight is 607 g/mol. The van der Waals surface area contributed by atoms with Gasteiger partial charge in [-0.2, -0.15) is 0 Å². The summed E-state index contributed by atoms with van der Waals surface area (Å²) in [7, 11) is -2.32. The first-order valence-electron chi connectivity index (χ1n) is 11.5. The Kier molecular flexibility index (Phi) is 9.75. The second-order valence-electron chi connectivity index (χ2n) is 8.67. The molecule has 0 radical (unpaired) electrons. The molecule has 0 aliphatic carbocycles. The fraction of sp³-hybridized carbons (Fsp3) is 0.259. The van der Waals surface area contributed by atoms with Gasteiger partial charge in [0.05, 0.1) is 11.9 Å². The van der Waals surface area contributed by atoms with Gasteiger partial charge in [0.2, 0.25) is 21.8 Å². The van der Waals surface area contributed by atoms with Gasteiger partial charge in [-0.15, -0.1) is 0 Å². The van der Waals surface area contributed by atoms with E-state index < -0.39 is 28.5 Å². The van der Waals surface area contributed by atoms with Crippen LogP contribution in [0.2, 0.25) is 5.02 Å². The molecule has 3 aromatic carbocycles. The molecule has 0 saturated heterocycles. The van der Waals surface area contributed by atoms with E-state index in [-0.39, 0.29) is 18.9 Å². The normalized spacial score (nSPS) is 12.0. The maximum absolute atomic E-state index is 13.9. The third kappa shape index (κ3) is 7.80. The van der Waals surface area contributed by atoms with E-state index in [0.717, 1.165) is 26.2 Å². The predicted molar refractivity (Wildman–Crippen MR) is 151 cm³/mol. The summed E-state index contributed by atoms with van der Waals surface area (Å²) in [5, 5.41) is 3.12. The smallest absolute Gasteiger partial charge is 0.244 e. The standard InChI is InChI=1S/C27H29BrClN3O4S/c1-19-14-23(29)12-13-24(19)32(37(3,35)36)18-26(33)31(17-21-10-7-11-22(28)15-21)25(27(34)30-2)16-20-8-5-4-6-9-20/h4-15,25H,16-18H2,1-3H3,(H,30,34). The number of sulfonamides is 1. The Morgan fingerprint density at radius 1 is 1.00 bits per heavy atom. The van der Waals surface area contributed by atoms with Gasteiger partial charge in [0.1, 0.15) is 12.6 Å². The van der Waals surface area contributed by atoms with Crippen molar-refractivity contribution in [2.24, 2.45) is 0 Å². The number of aryl methyl sites for hydroxylation is 1. The Morgan fingerprint density at radius 2 is 1.68 bits per heavy atom. The number of amides is 2. The fourth-order valence-corrected chi connectivity index (χ4v) is 5.63. The minimum Gasteiger partial charge on any atom is -0.357 e. The van der Waals surface area contributed by atoms with E-state index in [1.165, 1.54) is 11.9 Å². The van der Waals surface area contributed by atoms with Crippen LogP contribution in [0.5, 0.6) is 0 Å². The highest BCUT2D eigenvalue weighted by Gasteiger charge is 2.33. The molecular formula is C27H29BrClN3O4S. The van der Waals surface area contributed by atoms with Gasteiger partial charge in [0.15, 0.2) is 0 Å². The second-order valence-corrected chi connectivity index (χ2v) is 11.9. The molecule has 0 bridgehead atoms. The molecule has 2 amide bonds. The number of nitrogens with zero attached hydrogens (tertiary/aromatic N) is 2. The molecule has 10 heteroatoms. The van der Waals surface area contributed by atoms with Crippen LogP contribution in [0.25, 0.3) is 0 Å². The Bertz CT molecular complexity index is 1370. The lowest BCUT2D eigenvalue weighted by atomic mass is 10.0. The summed E-state index contributed by atoms with van der Waals surface area (Å²) in [4.78, 5) is 28.4. The van der Waals surface area contributed by atoms with Gasteiger partial charge < -0.3 is 10.2 Å². The van der Waals surface area contributed by atoms with Gasteiger partial charge in [0, 0.05) is 29.5 Å². The molecule has 1 N–H and O–H groups in total. The van der Waals surface area contributed by atoms with Crippen LogP contribution < -0.4 is 9.62 Å². The first kappa shape index (κ1) is 28.7. The Labute approximate surface area is 231 Å². The predicted octanol–water partition coefficient (Wildman–Crippen LogP) is 4.56. The SMILES string of the molecule is CNC(=O)C(Cc1ccccc1)N(Cc1cccc(Br)c1)C(=O)CN(c1ccc(Cl)cc1C)S(C)(=O)=O. The van der Waals surface area contributed by atoms with Crippen molar-refractivity contribution in [3.05, 3.63) is 99.0 Å². The Balaban J connectivity index is 2.05. The number of benzene rings is 3. The van der Waals surface area contributed by atoms with Crippen molar-refractivity contribution in [1.82, 2.24) is 10.2 Å². The van der Waals surface area contributed by atoms with Crippen LogP contribution in [-0.4, -0.2) is 51.0 Å². The lowest BCUT2D eigenvalue weighted by molar-refractivity contribution is -0.139. The number of likely N-dealkylation sites (N-methyl/N-ethyl adjacent to an activating group) is 1. The number of carbonyl (C=O) groups is 2. The van der Waals surface area contributed by atoms with Crippen molar-refractivity contribution in [2.75, 3.05) is 24.2 Å². The number of carbonyl (C=O) groups excluding carboxylic acids is 2. The molecular weight excluding hydrogens is 578 g/mol. The maximum atomic E-state index is 13.9. The average Bonchev–Trinajstić information content (AvgIpc) is 2.84. The van der Waals surface area contributed by atoms with E-state index in [4.69, 9.17) is 11.6 Å². The van der Waals surface area contributed by atoms with Gasteiger partial charge in [0.25, 0.3) is 0 Å². The van der Waals surface area contributed by atoms with E-state index in [0.29, 0.717) is 16.3 Å². The van der Waals surface area contributed by atoms with Gasteiger partial charge >= 0.3 is 0 Å². The van der Waals surface area contributed by atoms with Crippen molar-refractivity contribution in [3.63, 3.8) is 0 Å². The molecule has 196 valence electrons. The zero-order chi connectivity index (χ0) is 27.2. The zero-order valence-corrected chi connectivity index (χ0v) is 24.0. The van der Waals surface area contributed by atoms with Gasteiger partial charge in [-0.25, -0.2) is 8.42 Å². The lowest BCUT2D eigenvalue weighted by Crippen LogP contribution is -2.53. The van der Waals surface area contributed by atoms with Crippen molar-refractivity contribution in [1.29, 1.82) is 0 Å². The summed E-state index contributed by atoms with van der Waals surface area (Å²) in [6, 6.07) is 20.7. The summed E-state index contributed by atoms with van der Waals surface area (Å²) >= 11 is 9.53. The summed E-state index contributed by atoms with van der Waals surface area (Å²) < 4.78 is 27.5. The number of hydrogen-bond donors (Lipinski definition) is 1. The van der Waals surface area contributed by atoms with E-state index in [9.17, 15) is 18.0 Å². The van der Waals surface area contributed by atoms with Crippen molar-refractivity contribution in [3.8, 4) is 0 Å². The first-order chi connectivity index (χ1) is 17.5. The van der Waals surface area contributed by atoms with Crippen LogP contribution in [0.4, 0.5) is 5.69 Å². The largest absolute Gasteiger partial charge is 0.357 e. The first-order valence-corrected chi connectivity index (χ1v) is 14.5. The molecule has 0 spiro atoms. The van der Waals surface area contributed by atoms with Crippen molar-refractivity contribution >= 4 is 55.1 Å². The topological polar surface area (TPSA) is 86.8 Å². The minimum absolute atomic E-state index is 0.112. The summed E-state index contributed by atoms with van der Waals surface area (Å²) in [6.45, 7) is 1.36. The number of rotatable bonds is 10. The van der Waals surface area contributed by atoms with E-state index in [2.05, 4.69) is 21.2 Å². The van der Waals surface area contributed by atoms with Crippen molar-refractivity contribution in [2.45, 2.75) is 25.9 Å². The van der Waals surface area contributed by atoms with Crippen LogP contribution in [0, 0.1) is 6.92 Å². The minimum atomic E-state index is -3.84. The zero-order valence-electron chi connectivity index (χ0n) is 20.8. The van der Waals surface area contributed by atoms with E-state index >= 15 is 0 Å². The van der Waals surface area contributed by atoms with Gasteiger partial charge in [-0.3, -0.25) is 13.9 Å². The molecule has 3 aromatic rings. The highest BCUT2D eigenvalue weighted by Crippen LogP contribution is 2.26. The summed E-state index contributed by atoms with van der Waals surface area (Å²) in [5.74, 6) is -0.856. The van der Waals surface area contributed by atoms with E-state index in [1.54, 1.807) is 25.1 Å². The van der Waals surface area contributed by atoms with Gasteiger partial charge in [-0.05, 0) is 53.9 Å². The van der Waals surface area contributed by atoms with Crippen LogP contribution >= 0.6 is 27.5 Å². The lowest BCUT2D eigenvalue weighted by Gasteiger charge is -2.33. The highest BCUT2D eigenvalue weighted by molar-refractivity contribution is 9.10. The molecule has 37 heavy (non-hydrogen) atoms. The van der Waals surface area contributed by atoms with Gasteiger partial charge in [-0.1, -0.05) is 70.0 Å². The van der Waals surface area contributed by atoms with E-state index in [1.807, 2.05) is 54.6 Å². The highest BCUT2D eigenvalue weighted by atomic mass is 79.9. The molecule has 0 aromatic heterocycles. The Morgan fingerprint density at radius 3 is 2.27 bits per heavy atom. The monoisotopic (exact) mass is 605 g/mol. The Hall–Kier alpha value is -2.88. The second kappa shape index (κ2) is 12.6. The molecule has 0 heterocycles. The quantitative estimate of drug-likeness (QED) is 0.367. The molecule has 0 aliphatic heterocycles.